The molecule has 0 aliphatic carbocycles. The highest BCUT2D eigenvalue weighted by Gasteiger charge is 2.20. The van der Waals surface area contributed by atoms with E-state index >= 15 is 0 Å². The minimum absolute atomic E-state index is 0.0104. The van der Waals surface area contributed by atoms with Crippen LogP contribution in [0.4, 0.5) is 0 Å². The summed E-state index contributed by atoms with van der Waals surface area (Å²) in [5, 5.41) is 10.3. The third-order valence-corrected chi connectivity index (χ3v) is 4.49. The van der Waals surface area contributed by atoms with Crippen LogP contribution in [0.5, 0.6) is 0 Å². The van der Waals surface area contributed by atoms with E-state index in [9.17, 15) is 5.11 Å². The van der Waals surface area contributed by atoms with Gasteiger partial charge in [-0.2, -0.15) is 0 Å². The number of hydrogen-bond donors (Lipinski definition) is 1. The highest BCUT2D eigenvalue weighted by Crippen LogP contribution is 2.36. The Hall–Kier alpha value is -2.85. The van der Waals surface area contributed by atoms with Crippen molar-refractivity contribution in [3.63, 3.8) is 0 Å². The summed E-state index contributed by atoms with van der Waals surface area (Å²) in [6, 6.07) is 13.8. The fraction of sp³-hybridized carbons (Fsp3) is 0.190. The molecule has 0 fully saturated rings. The number of aliphatic hydroxyl groups excluding tert-OH is 1. The first-order valence-electron chi connectivity index (χ1n) is 8.24. The third kappa shape index (κ3) is 2.65. The predicted octanol–water partition coefficient (Wildman–Crippen LogP) is 5.17. The zero-order valence-corrected chi connectivity index (χ0v) is 14.5. The average Bonchev–Trinajstić information content (AvgIpc) is 3.15. The minimum atomic E-state index is 0.0104. The molecule has 2 aromatic heterocycles. The second-order valence-electron chi connectivity index (χ2n) is 6.33. The van der Waals surface area contributed by atoms with Crippen molar-refractivity contribution in [1.29, 1.82) is 0 Å². The molecule has 0 saturated heterocycles. The summed E-state index contributed by atoms with van der Waals surface area (Å²) in [6.45, 7) is 5.96. The van der Waals surface area contributed by atoms with Gasteiger partial charge in [-0.3, -0.25) is 0 Å². The molecule has 4 nitrogen and oxygen atoms in total. The lowest BCUT2D eigenvalue weighted by Crippen LogP contribution is -1.83. The van der Waals surface area contributed by atoms with Crippen molar-refractivity contribution in [1.82, 2.24) is 4.98 Å². The molecule has 0 radical (unpaired) electrons. The van der Waals surface area contributed by atoms with Crippen LogP contribution in [0.15, 0.2) is 51.3 Å². The quantitative estimate of drug-likeness (QED) is 0.562. The van der Waals surface area contributed by atoms with Gasteiger partial charge in [-0.25, -0.2) is 4.98 Å². The van der Waals surface area contributed by atoms with Crippen LogP contribution in [0.2, 0.25) is 0 Å². The van der Waals surface area contributed by atoms with E-state index in [-0.39, 0.29) is 6.61 Å². The first kappa shape index (κ1) is 15.7. The van der Waals surface area contributed by atoms with Crippen molar-refractivity contribution in [2.24, 2.45) is 0 Å². The molecular formula is C21H19NO3. The standard InChI is InChI=1S/C21H19NO3/c1-12-4-7-16(8-5-12)21-22-19(14(3)24-21)20-13(2)17-10-15(11-23)6-9-18(17)25-20/h4-10,23H,11H2,1-3H3. The number of aromatic nitrogens is 1. The molecule has 4 heteroatoms. The van der Waals surface area contributed by atoms with Crippen LogP contribution in [0.3, 0.4) is 0 Å². The van der Waals surface area contributed by atoms with Crippen molar-refractivity contribution in [2.45, 2.75) is 27.4 Å². The topological polar surface area (TPSA) is 59.4 Å². The molecule has 0 bridgehead atoms. The molecular weight excluding hydrogens is 314 g/mol. The van der Waals surface area contributed by atoms with Gasteiger partial charge in [0, 0.05) is 16.5 Å². The van der Waals surface area contributed by atoms with Crippen LogP contribution >= 0.6 is 0 Å². The summed E-state index contributed by atoms with van der Waals surface area (Å²) in [7, 11) is 0. The number of aryl methyl sites for hydroxylation is 3. The minimum Gasteiger partial charge on any atom is -0.454 e. The highest BCUT2D eigenvalue weighted by atomic mass is 16.4. The number of oxazole rings is 1. The van der Waals surface area contributed by atoms with Gasteiger partial charge < -0.3 is 13.9 Å². The Balaban J connectivity index is 1.83. The van der Waals surface area contributed by atoms with Gasteiger partial charge in [-0.05, 0) is 50.6 Å². The molecule has 0 unspecified atom stereocenters. The number of nitrogens with zero attached hydrogens (tertiary/aromatic N) is 1. The number of hydrogen-bond acceptors (Lipinski definition) is 4. The molecule has 2 heterocycles. The molecule has 0 saturated carbocycles. The molecule has 4 rings (SSSR count). The summed E-state index contributed by atoms with van der Waals surface area (Å²) < 4.78 is 11.9. The van der Waals surface area contributed by atoms with Gasteiger partial charge in [0.2, 0.25) is 5.89 Å². The fourth-order valence-corrected chi connectivity index (χ4v) is 3.02. The first-order chi connectivity index (χ1) is 12.1. The number of aliphatic hydroxyl groups is 1. The number of rotatable bonds is 3. The number of fused-ring (bicyclic) bond motifs is 1. The maximum Gasteiger partial charge on any atom is 0.226 e. The predicted molar refractivity (Wildman–Crippen MR) is 97.3 cm³/mol. The van der Waals surface area contributed by atoms with Crippen LogP contribution in [0, 0.1) is 20.8 Å². The van der Waals surface area contributed by atoms with Crippen molar-refractivity contribution >= 4 is 11.0 Å². The Kier molecular flexibility index (Phi) is 3.70. The van der Waals surface area contributed by atoms with E-state index in [0.29, 0.717) is 11.7 Å². The average molecular weight is 333 g/mol. The monoisotopic (exact) mass is 333 g/mol. The van der Waals surface area contributed by atoms with Crippen LogP contribution in [-0.2, 0) is 6.61 Å². The summed E-state index contributed by atoms with van der Waals surface area (Å²) >= 11 is 0. The molecule has 126 valence electrons. The first-order valence-corrected chi connectivity index (χ1v) is 8.24. The molecule has 0 aliphatic rings. The van der Waals surface area contributed by atoms with Crippen LogP contribution in [0.25, 0.3) is 33.9 Å². The Morgan fingerprint density at radius 2 is 1.72 bits per heavy atom. The Bertz CT molecular complexity index is 1050. The van der Waals surface area contributed by atoms with Gasteiger partial charge in [0.15, 0.2) is 5.76 Å². The smallest absolute Gasteiger partial charge is 0.226 e. The van der Waals surface area contributed by atoms with E-state index in [1.54, 1.807) is 0 Å². The summed E-state index contributed by atoms with van der Waals surface area (Å²) in [6.07, 6.45) is 0. The summed E-state index contributed by atoms with van der Waals surface area (Å²) in [5.41, 5.74) is 5.49. The summed E-state index contributed by atoms with van der Waals surface area (Å²) in [4.78, 5) is 4.67. The van der Waals surface area contributed by atoms with E-state index in [4.69, 9.17) is 8.83 Å². The van der Waals surface area contributed by atoms with E-state index in [2.05, 4.69) is 11.9 Å². The van der Waals surface area contributed by atoms with E-state index < -0.39 is 0 Å². The van der Waals surface area contributed by atoms with Crippen molar-refractivity contribution in [2.75, 3.05) is 0 Å². The molecule has 0 spiro atoms. The molecule has 0 aliphatic heterocycles. The Labute approximate surface area is 145 Å². The number of furan rings is 1. The largest absolute Gasteiger partial charge is 0.454 e. The van der Waals surface area contributed by atoms with Crippen LogP contribution in [-0.4, -0.2) is 10.1 Å². The van der Waals surface area contributed by atoms with E-state index in [0.717, 1.165) is 39.1 Å². The molecule has 4 aromatic rings. The molecule has 0 amide bonds. The second kappa shape index (κ2) is 5.90. The maximum absolute atomic E-state index is 9.35. The normalized spacial score (nSPS) is 11.4. The lowest BCUT2D eigenvalue weighted by atomic mass is 10.1. The zero-order valence-electron chi connectivity index (χ0n) is 14.5. The zero-order chi connectivity index (χ0) is 17.6. The van der Waals surface area contributed by atoms with Gasteiger partial charge in [0.05, 0.1) is 6.61 Å². The van der Waals surface area contributed by atoms with Gasteiger partial charge >= 0.3 is 0 Å². The molecule has 1 N–H and O–H groups in total. The third-order valence-electron chi connectivity index (χ3n) is 4.49. The fourth-order valence-electron chi connectivity index (χ4n) is 3.02. The SMILES string of the molecule is Cc1ccc(-c2nc(-c3oc4ccc(CO)cc4c3C)c(C)o2)cc1. The lowest BCUT2D eigenvalue weighted by Gasteiger charge is -1.96. The highest BCUT2D eigenvalue weighted by molar-refractivity contribution is 5.88. The van der Waals surface area contributed by atoms with Crippen LogP contribution in [0.1, 0.15) is 22.5 Å². The van der Waals surface area contributed by atoms with Gasteiger partial charge in [0.1, 0.15) is 17.0 Å². The van der Waals surface area contributed by atoms with Crippen LogP contribution < -0.4 is 0 Å². The van der Waals surface area contributed by atoms with Gasteiger partial charge in [0.25, 0.3) is 0 Å². The molecule has 25 heavy (non-hydrogen) atoms. The van der Waals surface area contributed by atoms with Crippen molar-refractivity contribution in [3.8, 4) is 22.9 Å². The lowest BCUT2D eigenvalue weighted by molar-refractivity contribution is 0.282. The Morgan fingerprint density at radius 1 is 0.960 bits per heavy atom. The molecule has 2 aromatic carbocycles. The van der Waals surface area contributed by atoms with E-state index in [1.165, 1.54) is 5.56 Å². The molecule has 0 atom stereocenters. The van der Waals surface area contributed by atoms with Crippen molar-refractivity contribution in [3.05, 3.63) is 64.9 Å². The maximum atomic E-state index is 9.35. The Morgan fingerprint density at radius 3 is 2.44 bits per heavy atom. The second-order valence-corrected chi connectivity index (χ2v) is 6.33. The summed E-state index contributed by atoms with van der Waals surface area (Å²) in [5.74, 6) is 2.02. The van der Waals surface area contributed by atoms with Crippen molar-refractivity contribution < 1.29 is 13.9 Å². The number of benzene rings is 2. The van der Waals surface area contributed by atoms with E-state index in [1.807, 2.05) is 56.3 Å². The van der Waals surface area contributed by atoms with Gasteiger partial charge in [-0.15, -0.1) is 0 Å². The van der Waals surface area contributed by atoms with Gasteiger partial charge in [-0.1, -0.05) is 23.8 Å².